The van der Waals surface area contributed by atoms with Crippen LogP contribution in [0.2, 0.25) is 0 Å². The van der Waals surface area contributed by atoms with Crippen molar-refractivity contribution < 1.29 is 13.2 Å². The molecule has 0 radical (unpaired) electrons. The molecule has 2 aromatic rings. The van der Waals surface area contributed by atoms with Crippen molar-refractivity contribution in [3.8, 4) is 0 Å². The molecule has 8 heteroatoms. The lowest BCUT2D eigenvalue weighted by Gasteiger charge is -2.32. The van der Waals surface area contributed by atoms with Crippen LogP contribution >= 0.6 is 0 Å². The average Bonchev–Trinajstić information content (AvgIpc) is 2.75. The zero-order chi connectivity index (χ0) is 21.7. The first kappa shape index (κ1) is 22.2. The van der Waals surface area contributed by atoms with E-state index in [-0.39, 0.29) is 27.8 Å². The summed E-state index contributed by atoms with van der Waals surface area (Å²) in [6.07, 6.45) is 4.95. The Morgan fingerprint density at radius 2 is 1.80 bits per heavy atom. The number of pyridine rings is 1. The largest absolute Gasteiger partial charge is 0.338 e. The molecule has 1 N–H and O–H groups in total. The van der Waals surface area contributed by atoms with Crippen molar-refractivity contribution in [2.45, 2.75) is 37.5 Å². The molecule has 0 saturated carbocycles. The normalized spacial score (nSPS) is 15.3. The Labute approximate surface area is 177 Å². The molecule has 0 unspecified atom stereocenters. The predicted octanol–water partition coefficient (Wildman–Crippen LogP) is 2.17. The first-order valence-electron chi connectivity index (χ1n) is 10.4. The number of sulfonamides is 1. The molecule has 0 spiro atoms. The molecule has 1 fully saturated rings. The Hall–Kier alpha value is -2.45. The van der Waals surface area contributed by atoms with Gasteiger partial charge in [0, 0.05) is 32.9 Å². The van der Waals surface area contributed by atoms with Gasteiger partial charge in [-0.2, -0.15) is 0 Å². The molecule has 1 aromatic heterocycles. The number of piperidine rings is 1. The second-order valence-electron chi connectivity index (χ2n) is 7.82. The number of hydrogen-bond donors (Lipinski definition) is 1. The third-order valence-corrected chi connectivity index (χ3v) is 7.03. The molecular weight excluding hydrogens is 402 g/mol. The smallest absolute Gasteiger partial charge is 0.263 e. The number of rotatable bonds is 7. The minimum absolute atomic E-state index is 0.154. The van der Waals surface area contributed by atoms with Crippen LogP contribution in [0.25, 0.3) is 0 Å². The second kappa shape index (κ2) is 9.57. The molecule has 30 heavy (non-hydrogen) atoms. The van der Waals surface area contributed by atoms with Crippen molar-refractivity contribution in [1.29, 1.82) is 0 Å². The number of carbonyl (C=O) groups is 1. The highest BCUT2D eigenvalue weighted by Gasteiger charge is 2.26. The number of nitrogens with one attached hydrogen (secondary N) is 1. The minimum atomic E-state index is -3.55. The molecule has 1 saturated heterocycles. The van der Waals surface area contributed by atoms with Gasteiger partial charge in [0.05, 0.1) is 4.90 Å². The number of aromatic nitrogens is 1. The minimum Gasteiger partial charge on any atom is -0.338 e. The van der Waals surface area contributed by atoms with Gasteiger partial charge in [-0.1, -0.05) is 25.5 Å². The van der Waals surface area contributed by atoms with Crippen LogP contribution in [-0.2, 0) is 23.5 Å². The van der Waals surface area contributed by atoms with Crippen LogP contribution in [0.4, 0.5) is 0 Å². The number of carbonyl (C=O) groups excluding carboxylic acids is 1. The van der Waals surface area contributed by atoms with E-state index in [0.29, 0.717) is 32.5 Å². The number of aryl methyl sites for hydroxylation is 2. The molecule has 3 rings (SSSR count). The van der Waals surface area contributed by atoms with E-state index >= 15 is 0 Å². The summed E-state index contributed by atoms with van der Waals surface area (Å²) >= 11 is 0. The molecule has 7 nitrogen and oxygen atoms in total. The third-order valence-electron chi connectivity index (χ3n) is 5.59. The zero-order valence-corrected chi connectivity index (χ0v) is 18.3. The van der Waals surface area contributed by atoms with Gasteiger partial charge in [-0.25, -0.2) is 13.1 Å². The monoisotopic (exact) mass is 431 g/mol. The van der Waals surface area contributed by atoms with E-state index in [0.717, 1.165) is 18.4 Å². The van der Waals surface area contributed by atoms with Crippen LogP contribution in [0.15, 0.2) is 52.3 Å². The summed E-state index contributed by atoms with van der Waals surface area (Å²) in [5.74, 6) is -0.107. The summed E-state index contributed by atoms with van der Waals surface area (Å²) < 4.78 is 29.2. The summed E-state index contributed by atoms with van der Waals surface area (Å²) in [7, 11) is -1.93. The summed E-state index contributed by atoms with van der Waals surface area (Å²) in [5.41, 5.74) is 0.995. The lowest BCUT2D eigenvalue weighted by Crippen LogP contribution is -2.43. The number of benzene rings is 1. The van der Waals surface area contributed by atoms with E-state index in [4.69, 9.17) is 0 Å². The van der Waals surface area contributed by atoms with Gasteiger partial charge < -0.3 is 9.47 Å². The summed E-state index contributed by atoms with van der Waals surface area (Å²) in [4.78, 5) is 26.8. The van der Waals surface area contributed by atoms with E-state index in [1.54, 1.807) is 42.4 Å². The van der Waals surface area contributed by atoms with Gasteiger partial charge in [-0.3, -0.25) is 9.59 Å². The topological polar surface area (TPSA) is 88.5 Å². The first-order valence-corrected chi connectivity index (χ1v) is 11.8. The van der Waals surface area contributed by atoms with Crippen LogP contribution < -0.4 is 10.3 Å². The number of hydrogen-bond acceptors (Lipinski definition) is 4. The van der Waals surface area contributed by atoms with Crippen LogP contribution in [0, 0.1) is 5.92 Å². The second-order valence-corrected chi connectivity index (χ2v) is 9.59. The van der Waals surface area contributed by atoms with Gasteiger partial charge >= 0.3 is 0 Å². The van der Waals surface area contributed by atoms with Gasteiger partial charge in [-0.15, -0.1) is 0 Å². The molecule has 0 aliphatic carbocycles. The Morgan fingerprint density at radius 1 is 1.13 bits per heavy atom. The van der Waals surface area contributed by atoms with Crippen LogP contribution in [-0.4, -0.2) is 43.4 Å². The fraction of sp³-hybridized carbons (Fsp3) is 0.455. The van der Waals surface area contributed by atoms with Crippen molar-refractivity contribution in [3.63, 3.8) is 0 Å². The van der Waals surface area contributed by atoms with Crippen molar-refractivity contribution in [1.82, 2.24) is 14.2 Å². The number of likely N-dealkylation sites (tertiary alicyclic amines) is 1. The van der Waals surface area contributed by atoms with Crippen molar-refractivity contribution in [3.05, 3.63) is 64.1 Å². The number of nitrogens with zero attached hydrogens (tertiary/aromatic N) is 2. The Balaban J connectivity index is 1.53. The number of amides is 1. The molecule has 1 aliphatic rings. The first-order chi connectivity index (χ1) is 14.3. The summed E-state index contributed by atoms with van der Waals surface area (Å²) in [6.45, 7) is 3.45. The van der Waals surface area contributed by atoms with E-state index in [9.17, 15) is 18.0 Å². The fourth-order valence-corrected chi connectivity index (χ4v) is 4.82. The molecule has 0 bridgehead atoms. The van der Waals surface area contributed by atoms with E-state index in [1.165, 1.54) is 4.57 Å². The van der Waals surface area contributed by atoms with E-state index in [2.05, 4.69) is 11.6 Å². The molecule has 1 aliphatic heterocycles. The Morgan fingerprint density at radius 3 is 2.43 bits per heavy atom. The van der Waals surface area contributed by atoms with Crippen molar-refractivity contribution in [2.24, 2.45) is 13.0 Å². The highest BCUT2D eigenvalue weighted by molar-refractivity contribution is 7.89. The molecule has 2 heterocycles. The third kappa shape index (κ3) is 5.17. The van der Waals surface area contributed by atoms with Crippen molar-refractivity contribution in [2.75, 3.05) is 19.6 Å². The van der Waals surface area contributed by atoms with Gasteiger partial charge in [-0.05, 0) is 55.0 Å². The van der Waals surface area contributed by atoms with Crippen LogP contribution in [0.3, 0.4) is 0 Å². The van der Waals surface area contributed by atoms with Crippen LogP contribution in [0.5, 0.6) is 0 Å². The standard InChI is InChI=1S/C22H29N3O4S/c1-3-5-17-7-9-19(10-8-17)30(28,29)23-16-18-11-14-25(15-12-18)22(27)20-6-4-13-24(2)21(20)26/h4,6-10,13,18,23H,3,5,11-12,14-16H2,1-2H3. The molecular formula is C22H29N3O4S. The molecule has 162 valence electrons. The summed E-state index contributed by atoms with van der Waals surface area (Å²) in [5, 5.41) is 0. The fourth-order valence-electron chi connectivity index (χ4n) is 3.71. The van der Waals surface area contributed by atoms with Crippen molar-refractivity contribution >= 4 is 15.9 Å². The predicted molar refractivity (Wildman–Crippen MR) is 116 cm³/mol. The average molecular weight is 432 g/mol. The van der Waals surface area contributed by atoms with Gasteiger partial charge in [0.2, 0.25) is 10.0 Å². The quantitative estimate of drug-likeness (QED) is 0.728. The van der Waals surface area contributed by atoms with E-state index in [1.807, 2.05) is 12.1 Å². The van der Waals surface area contributed by atoms with Crippen LogP contribution in [0.1, 0.15) is 42.1 Å². The van der Waals surface area contributed by atoms with Gasteiger partial charge in [0.1, 0.15) is 5.56 Å². The highest BCUT2D eigenvalue weighted by atomic mass is 32.2. The highest BCUT2D eigenvalue weighted by Crippen LogP contribution is 2.19. The maximum Gasteiger partial charge on any atom is 0.263 e. The SMILES string of the molecule is CCCc1ccc(S(=O)(=O)NCC2CCN(C(=O)c3cccn(C)c3=O)CC2)cc1. The molecule has 1 aromatic carbocycles. The summed E-state index contributed by atoms with van der Waals surface area (Å²) in [6, 6.07) is 10.2. The maximum atomic E-state index is 12.7. The van der Waals surface area contributed by atoms with Gasteiger partial charge in [0.15, 0.2) is 0 Å². The molecule has 0 atom stereocenters. The van der Waals surface area contributed by atoms with Gasteiger partial charge in [0.25, 0.3) is 11.5 Å². The maximum absolute atomic E-state index is 12.7. The molecule has 1 amide bonds. The van der Waals surface area contributed by atoms with E-state index < -0.39 is 10.0 Å². The Bertz CT molecular complexity index is 1040. The Kier molecular flexibility index (Phi) is 7.10. The lowest BCUT2D eigenvalue weighted by molar-refractivity contribution is 0.0689. The lowest BCUT2D eigenvalue weighted by atomic mass is 9.97. The zero-order valence-electron chi connectivity index (χ0n) is 17.5.